The fourth-order valence-corrected chi connectivity index (χ4v) is 1.80. The largest absolute Gasteiger partial charge is 0.494 e. The van der Waals surface area contributed by atoms with E-state index in [4.69, 9.17) is 4.74 Å². The van der Waals surface area contributed by atoms with Crippen LogP contribution in [0.25, 0.3) is 11.0 Å². The molecule has 0 amide bonds. The number of ether oxygens (including phenoxy) is 2. The molecular formula is C12H14N2O3. The van der Waals surface area contributed by atoms with Crippen molar-refractivity contribution < 1.29 is 14.3 Å². The second-order valence-corrected chi connectivity index (χ2v) is 3.57. The number of fused-ring (bicyclic) bond motifs is 1. The standard InChI is InChI=1S/C12H14N2O3/c1-4-14-7-13-9-5-8(12(15)17-3)6-10(16-2)11(9)14/h5-7H,4H2,1-3H3. The van der Waals surface area contributed by atoms with E-state index in [0.717, 1.165) is 17.6 Å². The van der Waals surface area contributed by atoms with Crippen molar-refractivity contribution in [3.8, 4) is 5.75 Å². The molecule has 5 heteroatoms. The Bertz CT molecular complexity index is 560. The number of aromatic nitrogens is 2. The summed E-state index contributed by atoms with van der Waals surface area (Å²) in [5.74, 6) is 0.235. The van der Waals surface area contributed by atoms with Gasteiger partial charge >= 0.3 is 5.97 Å². The van der Waals surface area contributed by atoms with Crippen LogP contribution >= 0.6 is 0 Å². The molecule has 0 saturated carbocycles. The number of carbonyl (C=O) groups excluding carboxylic acids is 1. The Labute approximate surface area is 99.0 Å². The lowest BCUT2D eigenvalue weighted by atomic mass is 10.2. The van der Waals surface area contributed by atoms with Crippen molar-refractivity contribution in [1.29, 1.82) is 0 Å². The predicted molar refractivity (Wildman–Crippen MR) is 63.3 cm³/mol. The summed E-state index contributed by atoms with van der Waals surface area (Å²) >= 11 is 0. The molecule has 2 rings (SSSR count). The molecule has 0 aliphatic carbocycles. The molecule has 0 saturated heterocycles. The van der Waals surface area contributed by atoms with Gasteiger partial charge in [-0.15, -0.1) is 0 Å². The van der Waals surface area contributed by atoms with E-state index in [1.54, 1.807) is 25.6 Å². The number of methoxy groups -OCH3 is 2. The number of rotatable bonds is 3. The number of imidazole rings is 1. The lowest BCUT2D eigenvalue weighted by Crippen LogP contribution is -2.02. The van der Waals surface area contributed by atoms with Gasteiger partial charge in [-0.05, 0) is 19.1 Å². The summed E-state index contributed by atoms with van der Waals surface area (Å²) < 4.78 is 12.0. The van der Waals surface area contributed by atoms with E-state index in [1.807, 2.05) is 11.5 Å². The predicted octanol–water partition coefficient (Wildman–Crippen LogP) is 1.85. The van der Waals surface area contributed by atoms with Gasteiger partial charge in [-0.25, -0.2) is 9.78 Å². The average molecular weight is 234 g/mol. The fourth-order valence-electron chi connectivity index (χ4n) is 1.80. The fraction of sp³-hybridized carbons (Fsp3) is 0.333. The summed E-state index contributed by atoms with van der Waals surface area (Å²) in [4.78, 5) is 15.7. The third kappa shape index (κ3) is 1.84. The normalized spacial score (nSPS) is 10.5. The number of esters is 1. The van der Waals surface area contributed by atoms with Crippen molar-refractivity contribution in [2.24, 2.45) is 0 Å². The molecular weight excluding hydrogens is 220 g/mol. The number of benzene rings is 1. The van der Waals surface area contributed by atoms with Crippen molar-refractivity contribution >= 4 is 17.0 Å². The van der Waals surface area contributed by atoms with Crippen LogP contribution in [0.15, 0.2) is 18.5 Å². The zero-order valence-corrected chi connectivity index (χ0v) is 10.1. The molecule has 17 heavy (non-hydrogen) atoms. The number of nitrogens with zero attached hydrogens (tertiary/aromatic N) is 2. The van der Waals surface area contributed by atoms with Gasteiger partial charge in [-0.3, -0.25) is 0 Å². The Morgan fingerprint density at radius 1 is 1.41 bits per heavy atom. The molecule has 0 spiro atoms. The van der Waals surface area contributed by atoms with Crippen molar-refractivity contribution in [3.63, 3.8) is 0 Å². The van der Waals surface area contributed by atoms with Crippen LogP contribution < -0.4 is 4.74 Å². The first kappa shape index (κ1) is 11.4. The maximum atomic E-state index is 11.5. The average Bonchev–Trinajstić information content (AvgIpc) is 2.79. The second-order valence-electron chi connectivity index (χ2n) is 3.57. The summed E-state index contributed by atoms with van der Waals surface area (Å²) in [6, 6.07) is 3.37. The summed E-state index contributed by atoms with van der Waals surface area (Å²) in [5.41, 5.74) is 2.06. The van der Waals surface area contributed by atoms with Gasteiger partial charge in [0.05, 0.1) is 31.6 Å². The minimum absolute atomic E-state index is 0.392. The van der Waals surface area contributed by atoms with Crippen LogP contribution in [-0.4, -0.2) is 29.7 Å². The van der Waals surface area contributed by atoms with Crippen molar-refractivity contribution in [3.05, 3.63) is 24.0 Å². The van der Waals surface area contributed by atoms with Crippen molar-refractivity contribution in [2.75, 3.05) is 14.2 Å². The summed E-state index contributed by atoms with van der Waals surface area (Å²) in [5, 5.41) is 0. The monoisotopic (exact) mass is 234 g/mol. The van der Waals surface area contributed by atoms with E-state index in [2.05, 4.69) is 9.72 Å². The molecule has 0 radical (unpaired) electrons. The van der Waals surface area contributed by atoms with E-state index in [9.17, 15) is 4.79 Å². The third-order valence-electron chi connectivity index (χ3n) is 2.66. The number of hydrogen-bond acceptors (Lipinski definition) is 4. The maximum absolute atomic E-state index is 11.5. The van der Waals surface area contributed by atoms with Gasteiger partial charge in [0.2, 0.25) is 0 Å². The molecule has 1 aromatic heterocycles. The maximum Gasteiger partial charge on any atom is 0.338 e. The minimum atomic E-state index is -0.392. The Balaban J connectivity index is 2.67. The zero-order valence-electron chi connectivity index (χ0n) is 10.1. The third-order valence-corrected chi connectivity index (χ3v) is 2.66. The smallest absolute Gasteiger partial charge is 0.338 e. The number of aryl methyl sites for hydroxylation is 1. The highest BCUT2D eigenvalue weighted by molar-refractivity contribution is 5.96. The van der Waals surface area contributed by atoms with Gasteiger partial charge in [-0.1, -0.05) is 0 Å². The van der Waals surface area contributed by atoms with Crippen LogP contribution in [0.3, 0.4) is 0 Å². The molecule has 0 N–H and O–H groups in total. The molecule has 0 unspecified atom stereocenters. The van der Waals surface area contributed by atoms with E-state index in [0.29, 0.717) is 11.3 Å². The van der Waals surface area contributed by atoms with Crippen LogP contribution in [-0.2, 0) is 11.3 Å². The Morgan fingerprint density at radius 2 is 2.18 bits per heavy atom. The highest BCUT2D eigenvalue weighted by Gasteiger charge is 2.14. The van der Waals surface area contributed by atoms with Gasteiger partial charge in [0.25, 0.3) is 0 Å². The molecule has 0 aliphatic rings. The zero-order chi connectivity index (χ0) is 12.4. The Kier molecular flexibility index (Phi) is 2.99. The van der Waals surface area contributed by atoms with E-state index >= 15 is 0 Å². The second kappa shape index (κ2) is 4.45. The van der Waals surface area contributed by atoms with Crippen LogP contribution in [0, 0.1) is 0 Å². The minimum Gasteiger partial charge on any atom is -0.494 e. The first-order valence-corrected chi connectivity index (χ1v) is 5.32. The van der Waals surface area contributed by atoms with E-state index < -0.39 is 5.97 Å². The molecule has 0 fully saturated rings. The van der Waals surface area contributed by atoms with Crippen molar-refractivity contribution in [1.82, 2.24) is 9.55 Å². The molecule has 1 heterocycles. The van der Waals surface area contributed by atoms with Crippen LogP contribution in [0.5, 0.6) is 5.75 Å². The van der Waals surface area contributed by atoms with E-state index in [1.165, 1.54) is 7.11 Å². The number of hydrogen-bond donors (Lipinski definition) is 0. The Hall–Kier alpha value is -2.04. The summed E-state index contributed by atoms with van der Waals surface area (Å²) in [7, 11) is 2.92. The number of carbonyl (C=O) groups is 1. The van der Waals surface area contributed by atoms with Crippen LogP contribution in [0.2, 0.25) is 0 Å². The molecule has 1 aromatic carbocycles. The highest BCUT2D eigenvalue weighted by atomic mass is 16.5. The lowest BCUT2D eigenvalue weighted by molar-refractivity contribution is 0.0600. The van der Waals surface area contributed by atoms with Gasteiger partial charge in [0.1, 0.15) is 11.3 Å². The SMILES string of the molecule is CCn1cnc2cc(C(=O)OC)cc(OC)c21. The highest BCUT2D eigenvalue weighted by Crippen LogP contribution is 2.27. The molecule has 90 valence electrons. The van der Waals surface area contributed by atoms with E-state index in [-0.39, 0.29) is 0 Å². The molecule has 0 bridgehead atoms. The Morgan fingerprint density at radius 3 is 2.76 bits per heavy atom. The van der Waals surface area contributed by atoms with Gasteiger partial charge in [0, 0.05) is 6.54 Å². The summed E-state index contributed by atoms with van der Waals surface area (Å²) in [6.45, 7) is 2.82. The lowest BCUT2D eigenvalue weighted by Gasteiger charge is -2.07. The van der Waals surface area contributed by atoms with Gasteiger partial charge in [-0.2, -0.15) is 0 Å². The molecule has 0 aliphatic heterocycles. The molecule has 2 aromatic rings. The topological polar surface area (TPSA) is 53.4 Å². The van der Waals surface area contributed by atoms with Crippen LogP contribution in [0.1, 0.15) is 17.3 Å². The first-order valence-electron chi connectivity index (χ1n) is 5.32. The van der Waals surface area contributed by atoms with Crippen LogP contribution in [0.4, 0.5) is 0 Å². The first-order chi connectivity index (χ1) is 8.21. The summed E-state index contributed by atoms with van der Waals surface area (Å²) in [6.07, 6.45) is 1.73. The molecule has 5 nitrogen and oxygen atoms in total. The van der Waals surface area contributed by atoms with Crippen molar-refractivity contribution in [2.45, 2.75) is 13.5 Å². The quantitative estimate of drug-likeness (QED) is 0.760. The van der Waals surface area contributed by atoms with Gasteiger partial charge < -0.3 is 14.0 Å². The molecule has 0 atom stereocenters. The van der Waals surface area contributed by atoms with Gasteiger partial charge in [0.15, 0.2) is 0 Å².